The predicted octanol–water partition coefficient (Wildman–Crippen LogP) is 2.32. The van der Waals surface area contributed by atoms with E-state index in [1.165, 1.54) is 11.8 Å². The number of nitrogens with zero attached hydrogens (tertiary/aromatic N) is 1. The normalized spacial score (nSPS) is 21.4. The minimum absolute atomic E-state index is 0.124. The fraction of sp³-hybridized carbons (Fsp3) is 0.429. The minimum atomic E-state index is -0.908. The van der Waals surface area contributed by atoms with Gasteiger partial charge in [-0.05, 0) is 31.2 Å². The number of benzene rings is 1. The minimum Gasteiger partial charge on any atom is -0.479 e. The van der Waals surface area contributed by atoms with Crippen molar-refractivity contribution >= 4 is 23.4 Å². The van der Waals surface area contributed by atoms with E-state index in [-0.39, 0.29) is 6.10 Å². The lowest BCUT2D eigenvalue weighted by Crippen LogP contribution is -2.24. The van der Waals surface area contributed by atoms with Gasteiger partial charge >= 0.3 is 5.97 Å². The van der Waals surface area contributed by atoms with Gasteiger partial charge in [0.1, 0.15) is 6.07 Å². The van der Waals surface area contributed by atoms with Crippen LogP contribution >= 0.6 is 11.8 Å². The van der Waals surface area contributed by atoms with Crippen LogP contribution in [0.25, 0.3) is 0 Å². The lowest BCUT2D eigenvalue weighted by atomic mass is 10.1. The number of rotatable bonds is 5. The van der Waals surface area contributed by atoms with Gasteiger partial charge in [0.25, 0.3) is 0 Å². The lowest BCUT2D eigenvalue weighted by molar-refractivity contribution is -0.149. The van der Waals surface area contributed by atoms with Gasteiger partial charge < -0.3 is 15.2 Å². The molecule has 0 bridgehead atoms. The number of anilines is 1. The summed E-state index contributed by atoms with van der Waals surface area (Å²) in [6.07, 6.45) is 2.36. The SMILES string of the molecule is CSc1cccc(NCC2CCC(C(=O)O)O2)c1C#N. The quantitative estimate of drug-likeness (QED) is 0.810. The molecule has 1 aromatic carbocycles. The Balaban J connectivity index is 1.99. The lowest BCUT2D eigenvalue weighted by Gasteiger charge is -2.15. The molecule has 1 saturated heterocycles. The van der Waals surface area contributed by atoms with Crippen LogP contribution in [-0.4, -0.2) is 36.1 Å². The summed E-state index contributed by atoms with van der Waals surface area (Å²) in [4.78, 5) is 11.7. The first-order valence-corrected chi connectivity index (χ1v) is 7.57. The molecule has 20 heavy (non-hydrogen) atoms. The highest BCUT2D eigenvalue weighted by Crippen LogP contribution is 2.27. The van der Waals surface area contributed by atoms with E-state index in [1.807, 2.05) is 24.5 Å². The van der Waals surface area contributed by atoms with Crippen LogP contribution in [0.15, 0.2) is 23.1 Å². The van der Waals surface area contributed by atoms with Gasteiger partial charge in [0, 0.05) is 11.4 Å². The number of hydrogen-bond donors (Lipinski definition) is 2. The number of nitriles is 1. The van der Waals surface area contributed by atoms with Crippen LogP contribution in [0.2, 0.25) is 0 Å². The molecule has 106 valence electrons. The monoisotopic (exact) mass is 292 g/mol. The summed E-state index contributed by atoms with van der Waals surface area (Å²) in [6.45, 7) is 0.510. The third-order valence-electron chi connectivity index (χ3n) is 3.26. The molecule has 0 saturated carbocycles. The van der Waals surface area contributed by atoms with Crippen LogP contribution in [0.4, 0.5) is 5.69 Å². The summed E-state index contributed by atoms with van der Waals surface area (Å²) in [6, 6.07) is 7.85. The maximum Gasteiger partial charge on any atom is 0.332 e. The van der Waals surface area contributed by atoms with Gasteiger partial charge in [0.2, 0.25) is 0 Å². The van der Waals surface area contributed by atoms with Crippen LogP contribution < -0.4 is 5.32 Å². The highest BCUT2D eigenvalue weighted by atomic mass is 32.2. The number of nitrogens with one attached hydrogen (secondary N) is 1. The van der Waals surface area contributed by atoms with E-state index in [0.29, 0.717) is 24.9 Å². The van der Waals surface area contributed by atoms with Crippen molar-refractivity contribution in [3.05, 3.63) is 23.8 Å². The average Bonchev–Trinajstić information content (AvgIpc) is 2.93. The Hall–Kier alpha value is -1.71. The number of ether oxygens (including phenoxy) is 1. The molecule has 0 radical (unpaired) electrons. The second-order valence-electron chi connectivity index (χ2n) is 4.54. The molecular formula is C14H16N2O3S. The van der Waals surface area contributed by atoms with Crippen molar-refractivity contribution in [2.75, 3.05) is 18.1 Å². The zero-order valence-electron chi connectivity index (χ0n) is 11.1. The molecule has 6 heteroatoms. The second kappa shape index (κ2) is 6.64. The van der Waals surface area contributed by atoms with Crippen LogP contribution in [-0.2, 0) is 9.53 Å². The van der Waals surface area contributed by atoms with Gasteiger partial charge in [-0.15, -0.1) is 11.8 Å². The van der Waals surface area contributed by atoms with Gasteiger partial charge in [-0.25, -0.2) is 4.79 Å². The largest absolute Gasteiger partial charge is 0.479 e. The summed E-state index contributed by atoms with van der Waals surface area (Å²) >= 11 is 1.53. The molecule has 2 N–H and O–H groups in total. The van der Waals surface area contributed by atoms with Gasteiger partial charge in [-0.2, -0.15) is 5.26 Å². The van der Waals surface area contributed by atoms with E-state index in [4.69, 9.17) is 9.84 Å². The molecule has 2 unspecified atom stereocenters. The fourth-order valence-corrected chi connectivity index (χ4v) is 2.80. The highest BCUT2D eigenvalue weighted by molar-refractivity contribution is 7.98. The molecule has 0 amide bonds. The van der Waals surface area contributed by atoms with Crippen molar-refractivity contribution in [2.45, 2.75) is 29.9 Å². The summed E-state index contributed by atoms with van der Waals surface area (Å²) in [5.74, 6) is -0.908. The molecule has 1 aromatic rings. The molecule has 0 spiro atoms. The Morgan fingerprint density at radius 3 is 3.00 bits per heavy atom. The van der Waals surface area contributed by atoms with Gasteiger partial charge in [-0.3, -0.25) is 0 Å². The van der Waals surface area contributed by atoms with E-state index in [9.17, 15) is 10.1 Å². The predicted molar refractivity (Wildman–Crippen MR) is 77.0 cm³/mol. The third kappa shape index (κ3) is 3.24. The van der Waals surface area contributed by atoms with Crippen molar-refractivity contribution in [3.63, 3.8) is 0 Å². The molecule has 0 aromatic heterocycles. The van der Waals surface area contributed by atoms with E-state index < -0.39 is 12.1 Å². The third-order valence-corrected chi connectivity index (χ3v) is 4.04. The zero-order valence-corrected chi connectivity index (χ0v) is 11.9. The molecule has 2 atom stereocenters. The van der Waals surface area contributed by atoms with Crippen LogP contribution in [0.3, 0.4) is 0 Å². The number of thioether (sulfide) groups is 1. The summed E-state index contributed by atoms with van der Waals surface area (Å²) < 4.78 is 5.42. The maximum absolute atomic E-state index is 10.8. The molecule has 0 aliphatic carbocycles. The van der Waals surface area contributed by atoms with Crippen molar-refractivity contribution in [1.82, 2.24) is 0 Å². The topological polar surface area (TPSA) is 82.3 Å². The highest BCUT2D eigenvalue weighted by Gasteiger charge is 2.30. The van der Waals surface area contributed by atoms with Crippen LogP contribution in [0.5, 0.6) is 0 Å². The molecule has 2 rings (SSSR count). The van der Waals surface area contributed by atoms with E-state index in [2.05, 4.69) is 11.4 Å². The second-order valence-corrected chi connectivity index (χ2v) is 5.39. The Morgan fingerprint density at radius 2 is 2.40 bits per heavy atom. The first-order chi connectivity index (χ1) is 9.65. The molecule has 1 fully saturated rings. The molecule has 1 aliphatic rings. The Morgan fingerprint density at radius 1 is 1.60 bits per heavy atom. The zero-order chi connectivity index (χ0) is 14.5. The van der Waals surface area contributed by atoms with E-state index >= 15 is 0 Å². The van der Waals surface area contributed by atoms with Crippen molar-refractivity contribution in [1.29, 1.82) is 5.26 Å². The van der Waals surface area contributed by atoms with Gasteiger partial charge in [-0.1, -0.05) is 6.07 Å². The van der Waals surface area contributed by atoms with E-state index in [0.717, 1.165) is 10.6 Å². The molecule has 1 aliphatic heterocycles. The molecule has 1 heterocycles. The molecule has 5 nitrogen and oxygen atoms in total. The number of carboxylic acids is 1. The number of hydrogen-bond acceptors (Lipinski definition) is 5. The number of aliphatic carboxylic acids is 1. The van der Waals surface area contributed by atoms with Crippen molar-refractivity contribution in [2.24, 2.45) is 0 Å². The van der Waals surface area contributed by atoms with Crippen LogP contribution in [0, 0.1) is 11.3 Å². The Bertz CT molecular complexity index is 542. The van der Waals surface area contributed by atoms with Crippen molar-refractivity contribution in [3.8, 4) is 6.07 Å². The van der Waals surface area contributed by atoms with Crippen molar-refractivity contribution < 1.29 is 14.6 Å². The van der Waals surface area contributed by atoms with Gasteiger partial charge in [0.15, 0.2) is 6.10 Å². The summed E-state index contributed by atoms with van der Waals surface area (Å²) in [5, 5.41) is 21.3. The fourth-order valence-electron chi connectivity index (χ4n) is 2.23. The maximum atomic E-state index is 10.8. The van der Waals surface area contributed by atoms with Gasteiger partial charge in [0.05, 0.1) is 17.4 Å². The average molecular weight is 292 g/mol. The first-order valence-electron chi connectivity index (χ1n) is 6.35. The number of carboxylic acid groups (broad SMARTS) is 1. The summed E-state index contributed by atoms with van der Waals surface area (Å²) in [5.41, 5.74) is 1.38. The Labute approximate surface area is 121 Å². The van der Waals surface area contributed by atoms with E-state index in [1.54, 1.807) is 0 Å². The van der Waals surface area contributed by atoms with Crippen LogP contribution in [0.1, 0.15) is 18.4 Å². The summed E-state index contributed by atoms with van der Waals surface area (Å²) in [7, 11) is 0. The first kappa shape index (κ1) is 14.7. The molecular weight excluding hydrogens is 276 g/mol. The standard InChI is InChI=1S/C14H16N2O3S/c1-20-13-4-2-3-11(10(13)7-15)16-8-9-5-6-12(19-9)14(17)18/h2-4,9,12,16H,5-6,8H2,1H3,(H,17,18). The number of carbonyl (C=O) groups is 1. The Kier molecular flexibility index (Phi) is 4.88. The smallest absolute Gasteiger partial charge is 0.332 e.